The Morgan fingerprint density at radius 3 is 2.25 bits per heavy atom. The van der Waals surface area contributed by atoms with Crippen molar-refractivity contribution in [3.05, 3.63) is 35.9 Å². The van der Waals surface area contributed by atoms with Gasteiger partial charge < -0.3 is 15.8 Å². The minimum Gasteiger partial charge on any atom is -0.458 e. The van der Waals surface area contributed by atoms with Gasteiger partial charge in [-0.05, 0) is 33.3 Å². The number of rotatable bonds is 4. The Bertz CT molecular complexity index is 466. The van der Waals surface area contributed by atoms with E-state index < -0.39 is 29.6 Å². The summed E-state index contributed by atoms with van der Waals surface area (Å²) < 4.78 is 5.19. The number of ether oxygens (including phenoxy) is 1. The Balaban J connectivity index is 2.60. The Labute approximate surface area is 119 Å². The maximum absolute atomic E-state index is 12.0. The number of carbonyl (C=O) groups excluding carboxylic acids is 2. The minimum absolute atomic E-state index is 0.408. The topological polar surface area (TPSA) is 81.4 Å². The fraction of sp³-hybridized carbons (Fsp3) is 0.467. The Morgan fingerprint density at radius 1 is 1.20 bits per heavy atom. The van der Waals surface area contributed by atoms with Gasteiger partial charge in [0.25, 0.3) is 0 Å². The van der Waals surface area contributed by atoms with Gasteiger partial charge in [0.15, 0.2) is 0 Å². The van der Waals surface area contributed by atoms with Crippen molar-refractivity contribution in [1.82, 2.24) is 5.32 Å². The summed E-state index contributed by atoms with van der Waals surface area (Å²) in [5.74, 6) is -0.888. The maximum Gasteiger partial charge on any atom is 0.328 e. The second-order valence-electron chi connectivity index (χ2n) is 5.65. The second-order valence-corrected chi connectivity index (χ2v) is 5.65. The summed E-state index contributed by atoms with van der Waals surface area (Å²) in [6.07, 6.45) is 0. The van der Waals surface area contributed by atoms with Crippen molar-refractivity contribution in [3.8, 4) is 0 Å². The molecule has 0 spiro atoms. The molecule has 20 heavy (non-hydrogen) atoms. The molecule has 1 aromatic rings. The molecule has 1 rings (SSSR count). The Kier molecular flexibility index (Phi) is 5.27. The lowest BCUT2D eigenvalue weighted by molar-refractivity contribution is -0.158. The predicted octanol–water partition coefficient (Wildman–Crippen LogP) is 1.53. The molecule has 110 valence electrons. The first-order valence-corrected chi connectivity index (χ1v) is 6.54. The highest BCUT2D eigenvalue weighted by molar-refractivity contribution is 5.88. The van der Waals surface area contributed by atoms with Crippen LogP contribution in [0, 0.1) is 0 Å². The predicted molar refractivity (Wildman–Crippen MR) is 76.8 cm³/mol. The molecule has 1 amide bonds. The second kappa shape index (κ2) is 6.52. The van der Waals surface area contributed by atoms with E-state index in [9.17, 15) is 9.59 Å². The molecule has 0 aromatic heterocycles. The van der Waals surface area contributed by atoms with Crippen LogP contribution in [0.15, 0.2) is 30.3 Å². The van der Waals surface area contributed by atoms with Crippen molar-refractivity contribution in [2.45, 2.75) is 45.4 Å². The molecule has 0 aliphatic rings. The van der Waals surface area contributed by atoms with Gasteiger partial charge in [0, 0.05) is 0 Å². The third-order valence-electron chi connectivity index (χ3n) is 2.56. The Morgan fingerprint density at radius 2 is 1.75 bits per heavy atom. The van der Waals surface area contributed by atoms with Crippen molar-refractivity contribution in [2.24, 2.45) is 5.73 Å². The summed E-state index contributed by atoms with van der Waals surface area (Å²) in [6.45, 7) is 6.89. The number of hydrogen-bond donors (Lipinski definition) is 2. The molecule has 3 N–H and O–H groups in total. The average molecular weight is 278 g/mol. The maximum atomic E-state index is 12.0. The van der Waals surface area contributed by atoms with Crippen molar-refractivity contribution in [3.63, 3.8) is 0 Å². The number of amides is 1. The molecule has 2 atom stereocenters. The largest absolute Gasteiger partial charge is 0.458 e. The zero-order valence-electron chi connectivity index (χ0n) is 12.3. The van der Waals surface area contributed by atoms with Crippen LogP contribution in [-0.4, -0.2) is 23.5 Å². The van der Waals surface area contributed by atoms with Crippen LogP contribution in [0.25, 0.3) is 0 Å². The summed E-state index contributed by atoms with van der Waals surface area (Å²) in [5, 5.41) is 2.56. The van der Waals surface area contributed by atoms with E-state index in [2.05, 4.69) is 5.32 Å². The van der Waals surface area contributed by atoms with Crippen LogP contribution in [0.1, 0.15) is 39.3 Å². The molecule has 0 saturated carbocycles. The van der Waals surface area contributed by atoms with E-state index in [0.29, 0.717) is 5.56 Å². The highest BCUT2D eigenvalue weighted by atomic mass is 16.6. The fourth-order valence-electron chi connectivity index (χ4n) is 1.56. The van der Waals surface area contributed by atoms with Gasteiger partial charge in [-0.3, -0.25) is 4.79 Å². The first kappa shape index (κ1) is 16.2. The van der Waals surface area contributed by atoms with Crippen LogP contribution >= 0.6 is 0 Å². The summed E-state index contributed by atoms with van der Waals surface area (Å²) in [6, 6.07) is 7.44. The van der Waals surface area contributed by atoms with Crippen molar-refractivity contribution >= 4 is 11.9 Å². The molecule has 0 unspecified atom stereocenters. The molecule has 0 aliphatic heterocycles. The number of hydrogen-bond acceptors (Lipinski definition) is 4. The monoisotopic (exact) mass is 278 g/mol. The number of esters is 1. The third-order valence-corrected chi connectivity index (χ3v) is 2.56. The lowest BCUT2D eigenvalue weighted by atomic mass is 10.1. The van der Waals surface area contributed by atoms with Gasteiger partial charge in [-0.1, -0.05) is 30.3 Å². The quantitative estimate of drug-likeness (QED) is 0.818. The number of benzene rings is 1. The first-order chi connectivity index (χ1) is 9.20. The molecule has 0 saturated heterocycles. The number of nitrogens with one attached hydrogen (secondary N) is 1. The molecule has 0 fully saturated rings. The standard InChI is InChI=1S/C15H22N2O3/c1-10(14(19)20-15(2,3)4)17-13(18)12(16)11-8-6-5-7-9-11/h5-10,12H,16H2,1-4H3,(H,17,18)/t10-,12-/m0/s1. The van der Waals surface area contributed by atoms with Gasteiger partial charge in [0.05, 0.1) is 0 Å². The van der Waals surface area contributed by atoms with E-state index in [1.165, 1.54) is 0 Å². The lowest BCUT2D eigenvalue weighted by Crippen LogP contribution is -2.45. The van der Waals surface area contributed by atoms with Crippen molar-refractivity contribution in [1.29, 1.82) is 0 Å². The molecule has 1 aromatic carbocycles. The third kappa shape index (κ3) is 5.01. The average Bonchev–Trinajstić information content (AvgIpc) is 2.36. The SMILES string of the molecule is C[C@H](NC(=O)[C@@H](N)c1ccccc1)C(=O)OC(C)(C)C. The van der Waals surface area contributed by atoms with Gasteiger partial charge in [-0.15, -0.1) is 0 Å². The summed E-state index contributed by atoms with van der Waals surface area (Å²) in [7, 11) is 0. The van der Waals surface area contributed by atoms with Crippen LogP contribution < -0.4 is 11.1 Å². The molecule has 0 heterocycles. The number of nitrogens with two attached hydrogens (primary N) is 1. The lowest BCUT2D eigenvalue weighted by Gasteiger charge is -2.23. The van der Waals surface area contributed by atoms with E-state index in [1.807, 2.05) is 6.07 Å². The highest BCUT2D eigenvalue weighted by Crippen LogP contribution is 2.11. The molecule has 0 bridgehead atoms. The highest BCUT2D eigenvalue weighted by Gasteiger charge is 2.25. The van der Waals surface area contributed by atoms with E-state index in [0.717, 1.165) is 0 Å². The Hall–Kier alpha value is -1.88. The van der Waals surface area contributed by atoms with Gasteiger partial charge >= 0.3 is 5.97 Å². The summed E-state index contributed by atoms with van der Waals surface area (Å²) >= 11 is 0. The molecule has 5 nitrogen and oxygen atoms in total. The zero-order chi connectivity index (χ0) is 15.3. The van der Waals surface area contributed by atoms with Crippen LogP contribution in [0.3, 0.4) is 0 Å². The first-order valence-electron chi connectivity index (χ1n) is 6.54. The minimum atomic E-state index is -0.805. The summed E-state index contributed by atoms with van der Waals surface area (Å²) in [5.41, 5.74) is 5.96. The molecular weight excluding hydrogens is 256 g/mol. The van der Waals surface area contributed by atoms with Gasteiger partial charge in [0.2, 0.25) is 5.91 Å². The van der Waals surface area contributed by atoms with E-state index >= 15 is 0 Å². The van der Waals surface area contributed by atoms with Gasteiger partial charge in [-0.25, -0.2) is 4.79 Å². The van der Waals surface area contributed by atoms with Crippen LogP contribution in [0.4, 0.5) is 0 Å². The zero-order valence-corrected chi connectivity index (χ0v) is 12.3. The van der Waals surface area contributed by atoms with Crippen LogP contribution in [0.2, 0.25) is 0 Å². The van der Waals surface area contributed by atoms with Gasteiger partial charge in [0.1, 0.15) is 17.7 Å². The van der Waals surface area contributed by atoms with E-state index in [-0.39, 0.29) is 0 Å². The molecule has 0 radical (unpaired) electrons. The molecule has 0 aliphatic carbocycles. The van der Waals surface area contributed by atoms with E-state index in [4.69, 9.17) is 10.5 Å². The van der Waals surface area contributed by atoms with Crippen LogP contribution in [-0.2, 0) is 14.3 Å². The normalized spacial score (nSPS) is 14.2. The van der Waals surface area contributed by atoms with Crippen molar-refractivity contribution < 1.29 is 14.3 Å². The van der Waals surface area contributed by atoms with Crippen LogP contribution in [0.5, 0.6) is 0 Å². The summed E-state index contributed by atoms with van der Waals surface area (Å²) in [4.78, 5) is 23.8. The van der Waals surface area contributed by atoms with Gasteiger partial charge in [-0.2, -0.15) is 0 Å². The molecular formula is C15H22N2O3. The molecule has 5 heteroatoms. The van der Waals surface area contributed by atoms with Crippen molar-refractivity contribution in [2.75, 3.05) is 0 Å². The number of carbonyl (C=O) groups is 2. The van der Waals surface area contributed by atoms with E-state index in [1.54, 1.807) is 52.0 Å². The smallest absolute Gasteiger partial charge is 0.328 e. The fourth-order valence-corrected chi connectivity index (χ4v) is 1.56.